The van der Waals surface area contributed by atoms with Gasteiger partial charge in [-0.25, -0.2) is 14.6 Å². The quantitative estimate of drug-likeness (QED) is 0.810. The predicted molar refractivity (Wildman–Crippen MR) is 80.8 cm³/mol. The van der Waals surface area contributed by atoms with Crippen LogP contribution in [-0.2, 0) is 6.54 Å². The largest absolute Gasteiger partial charge is 0.476 e. The number of rotatable bonds is 4. The highest BCUT2D eigenvalue weighted by molar-refractivity contribution is 7.09. The Labute approximate surface area is 125 Å². The number of aryl methyl sites for hydroxylation is 2. The molecule has 2 rings (SSSR count). The number of anilines is 1. The van der Waals surface area contributed by atoms with Crippen LogP contribution in [0.4, 0.5) is 10.5 Å². The molecule has 6 nitrogen and oxygen atoms in total. The van der Waals surface area contributed by atoms with E-state index in [1.807, 2.05) is 32.0 Å². The number of nitrogens with zero attached hydrogens (tertiary/aromatic N) is 1. The van der Waals surface area contributed by atoms with Crippen LogP contribution < -0.4 is 10.6 Å². The van der Waals surface area contributed by atoms with Gasteiger partial charge in [0, 0.05) is 11.1 Å². The van der Waals surface area contributed by atoms with Crippen molar-refractivity contribution < 1.29 is 14.7 Å². The molecular formula is C14H15N3O3S. The molecule has 0 spiro atoms. The summed E-state index contributed by atoms with van der Waals surface area (Å²) in [6.45, 7) is 4.16. The van der Waals surface area contributed by atoms with E-state index in [1.54, 1.807) is 0 Å². The molecule has 1 heterocycles. The lowest BCUT2D eigenvalue weighted by atomic mass is 10.1. The van der Waals surface area contributed by atoms with Crippen LogP contribution in [0.3, 0.4) is 0 Å². The number of carbonyl (C=O) groups is 2. The van der Waals surface area contributed by atoms with Gasteiger partial charge >= 0.3 is 12.0 Å². The van der Waals surface area contributed by atoms with Crippen LogP contribution in [0.5, 0.6) is 0 Å². The third kappa shape index (κ3) is 4.03. The average Bonchev–Trinajstić information content (AvgIpc) is 2.90. The molecular weight excluding hydrogens is 290 g/mol. The first-order chi connectivity index (χ1) is 9.95. The fourth-order valence-electron chi connectivity index (χ4n) is 1.64. The first kappa shape index (κ1) is 15.0. The van der Waals surface area contributed by atoms with Gasteiger partial charge in [0.15, 0.2) is 5.69 Å². The first-order valence-electron chi connectivity index (χ1n) is 6.25. The van der Waals surface area contributed by atoms with E-state index in [-0.39, 0.29) is 18.3 Å². The molecule has 0 aliphatic heterocycles. The summed E-state index contributed by atoms with van der Waals surface area (Å²) in [4.78, 5) is 26.3. The van der Waals surface area contributed by atoms with E-state index in [1.165, 1.54) is 16.7 Å². The lowest BCUT2D eigenvalue weighted by Crippen LogP contribution is -2.28. The van der Waals surface area contributed by atoms with E-state index in [2.05, 4.69) is 15.6 Å². The van der Waals surface area contributed by atoms with Crippen LogP contribution in [0.2, 0.25) is 0 Å². The number of aromatic carboxylic acids is 1. The summed E-state index contributed by atoms with van der Waals surface area (Å²) in [5.41, 5.74) is 2.95. The van der Waals surface area contributed by atoms with Crippen molar-refractivity contribution in [1.82, 2.24) is 10.3 Å². The second-order valence-electron chi connectivity index (χ2n) is 4.54. The summed E-state index contributed by atoms with van der Waals surface area (Å²) < 4.78 is 0. The maximum atomic E-state index is 11.8. The van der Waals surface area contributed by atoms with Gasteiger partial charge < -0.3 is 15.7 Å². The van der Waals surface area contributed by atoms with E-state index in [0.29, 0.717) is 10.7 Å². The topological polar surface area (TPSA) is 91.3 Å². The number of carboxylic acids is 1. The number of thiazole rings is 1. The van der Waals surface area contributed by atoms with Crippen LogP contribution in [0.15, 0.2) is 23.6 Å². The van der Waals surface area contributed by atoms with E-state index >= 15 is 0 Å². The molecule has 2 amide bonds. The summed E-state index contributed by atoms with van der Waals surface area (Å²) in [5.74, 6) is -1.07. The van der Waals surface area contributed by atoms with Crippen molar-refractivity contribution in [3.05, 3.63) is 45.4 Å². The molecule has 0 aliphatic rings. The Morgan fingerprint density at radius 1 is 1.29 bits per heavy atom. The minimum absolute atomic E-state index is 0.00799. The van der Waals surface area contributed by atoms with Crippen molar-refractivity contribution in [2.75, 3.05) is 5.32 Å². The third-order valence-corrected chi connectivity index (χ3v) is 3.78. The fraction of sp³-hybridized carbons (Fsp3) is 0.214. The number of carbonyl (C=O) groups excluding carboxylic acids is 1. The molecule has 0 aliphatic carbocycles. The third-order valence-electron chi connectivity index (χ3n) is 2.94. The highest BCUT2D eigenvalue weighted by atomic mass is 32.1. The number of hydrogen-bond acceptors (Lipinski definition) is 4. The Balaban J connectivity index is 1.89. The molecule has 110 valence electrons. The average molecular weight is 305 g/mol. The van der Waals surface area contributed by atoms with E-state index in [4.69, 9.17) is 5.11 Å². The number of carboxylic acid groups (broad SMARTS) is 1. The van der Waals surface area contributed by atoms with Gasteiger partial charge in [-0.1, -0.05) is 6.07 Å². The summed E-state index contributed by atoms with van der Waals surface area (Å²) in [7, 11) is 0. The van der Waals surface area contributed by atoms with Gasteiger partial charge in [-0.3, -0.25) is 0 Å². The minimum Gasteiger partial charge on any atom is -0.476 e. The number of hydrogen-bond donors (Lipinski definition) is 3. The summed E-state index contributed by atoms with van der Waals surface area (Å²) in [6.07, 6.45) is 0. The summed E-state index contributed by atoms with van der Waals surface area (Å²) in [6, 6.07) is 5.30. The Kier molecular flexibility index (Phi) is 4.54. The highest BCUT2D eigenvalue weighted by Crippen LogP contribution is 2.14. The zero-order chi connectivity index (χ0) is 15.4. The maximum Gasteiger partial charge on any atom is 0.355 e. The normalized spacial score (nSPS) is 10.2. The Morgan fingerprint density at radius 2 is 2.05 bits per heavy atom. The maximum absolute atomic E-state index is 11.8. The zero-order valence-corrected chi connectivity index (χ0v) is 12.5. The van der Waals surface area contributed by atoms with Gasteiger partial charge in [0.1, 0.15) is 5.01 Å². The molecule has 1 aromatic heterocycles. The molecule has 0 saturated heterocycles. The molecule has 0 atom stereocenters. The van der Waals surface area contributed by atoms with Crippen LogP contribution in [0, 0.1) is 13.8 Å². The molecule has 0 fully saturated rings. The second kappa shape index (κ2) is 6.36. The first-order valence-corrected chi connectivity index (χ1v) is 7.13. The smallest absolute Gasteiger partial charge is 0.355 e. The van der Waals surface area contributed by atoms with Gasteiger partial charge in [0.2, 0.25) is 0 Å². The molecule has 3 N–H and O–H groups in total. The van der Waals surface area contributed by atoms with Gasteiger partial charge in [0.25, 0.3) is 0 Å². The van der Waals surface area contributed by atoms with Crippen LogP contribution in [0.25, 0.3) is 0 Å². The van der Waals surface area contributed by atoms with Crippen LogP contribution >= 0.6 is 11.3 Å². The van der Waals surface area contributed by atoms with E-state index in [0.717, 1.165) is 11.1 Å². The Bertz CT molecular complexity index is 682. The monoisotopic (exact) mass is 305 g/mol. The van der Waals surface area contributed by atoms with Crippen LogP contribution in [0.1, 0.15) is 26.6 Å². The molecule has 0 radical (unpaired) electrons. The van der Waals surface area contributed by atoms with Crippen molar-refractivity contribution in [3.8, 4) is 0 Å². The zero-order valence-electron chi connectivity index (χ0n) is 11.6. The second-order valence-corrected chi connectivity index (χ2v) is 5.48. The van der Waals surface area contributed by atoms with Gasteiger partial charge in [-0.05, 0) is 37.1 Å². The number of aromatic nitrogens is 1. The van der Waals surface area contributed by atoms with Gasteiger partial charge in [0.05, 0.1) is 6.54 Å². The van der Waals surface area contributed by atoms with Gasteiger partial charge in [-0.2, -0.15) is 0 Å². The molecule has 0 bridgehead atoms. The Morgan fingerprint density at radius 3 is 2.67 bits per heavy atom. The molecule has 21 heavy (non-hydrogen) atoms. The number of amides is 2. The lowest BCUT2D eigenvalue weighted by molar-refractivity contribution is 0.0691. The van der Waals surface area contributed by atoms with Crippen molar-refractivity contribution in [2.45, 2.75) is 20.4 Å². The number of benzene rings is 1. The van der Waals surface area contributed by atoms with Crippen molar-refractivity contribution >= 4 is 29.0 Å². The molecule has 0 unspecified atom stereocenters. The highest BCUT2D eigenvalue weighted by Gasteiger charge is 2.09. The number of urea groups is 1. The minimum atomic E-state index is -1.07. The molecule has 1 aromatic carbocycles. The standard InChI is InChI=1S/C14H15N3O3S/c1-8-3-4-10(5-9(8)2)16-14(20)15-6-12-17-11(7-21-12)13(18)19/h3-5,7H,6H2,1-2H3,(H,18,19)(H2,15,16,20). The molecule has 2 aromatic rings. The van der Waals surface area contributed by atoms with E-state index in [9.17, 15) is 9.59 Å². The SMILES string of the molecule is Cc1ccc(NC(=O)NCc2nc(C(=O)O)cs2)cc1C. The Hall–Kier alpha value is -2.41. The van der Waals surface area contributed by atoms with Crippen molar-refractivity contribution in [1.29, 1.82) is 0 Å². The van der Waals surface area contributed by atoms with E-state index < -0.39 is 5.97 Å². The number of nitrogens with one attached hydrogen (secondary N) is 2. The van der Waals surface area contributed by atoms with Gasteiger partial charge in [-0.15, -0.1) is 11.3 Å². The molecule has 0 saturated carbocycles. The summed E-state index contributed by atoms with van der Waals surface area (Å²) >= 11 is 1.20. The predicted octanol–water partition coefficient (Wildman–Crippen LogP) is 2.78. The molecule has 7 heteroatoms. The van der Waals surface area contributed by atoms with Crippen molar-refractivity contribution in [2.24, 2.45) is 0 Å². The lowest BCUT2D eigenvalue weighted by Gasteiger charge is -2.08. The van der Waals surface area contributed by atoms with Crippen molar-refractivity contribution in [3.63, 3.8) is 0 Å². The van der Waals surface area contributed by atoms with Crippen LogP contribution in [-0.4, -0.2) is 22.1 Å². The fourth-order valence-corrected chi connectivity index (χ4v) is 2.35. The summed E-state index contributed by atoms with van der Waals surface area (Å²) in [5, 5.41) is 16.1.